The predicted molar refractivity (Wildman–Crippen MR) is 123 cm³/mol. The number of hydrogen-bond acceptors (Lipinski definition) is 8. The van der Waals surface area contributed by atoms with Gasteiger partial charge in [0.15, 0.2) is 5.78 Å². The SMILES string of the molecule is CC(C)(C)C#CCn1ccc(C(=O)c2cncnc2N[C@@H]2C[C@H](COS(N)(=O)=O)[C@@H](O)[C@@H]2F)c1. The quantitative estimate of drug-likeness (QED) is 0.368. The molecule has 0 radical (unpaired) electrons. The van der Waals surface area contributed by atoms with Crippen molar-refractivity contribution in [2.45, 2.75) is 52.1 Å². The van der Waals surface area contributed by atoms with Crippen molar-refractivity contribution in [1.82, 2.24) is 14.5 Å². The highest BCUT2D eigenvalue weighted by atomic mass is 32.2. The lowest BCUT2D eigenvalue weighted by atomic mass is 9.98. The van der Waals surface area contributed by atoms with Crippen LogP contribution in [0.25, 0.3) is 0 Å². The van der Waals surface area contributed by atoms with Gasteiger partial charge in [0.1, 0.15) is 18.3 Å². The van der Waals surface area contributed by atoms with Crippen molar-refractivity contribution in [3.63, 3.8) is 0 Å². The minimum absolute atomic E-state index is 0.0400. The van der Waals surface area contributed by atoms with E-state index in [0.717, 1.165) is 0 Å². The number of nitrogens with zero attached hydrogens (tertiary/aromatic N) is 3. The summed E-state index contributed by atoms with van der Waals surface area (Å²) in [6.45, 7) is 5.99. The smallest absolute Gasteiger partial charge is 0.333 e. The monoisotopic (exact) mass is 493 g/mol. The molecule has 10 nitrogen and oxygen atoms in total. The number of hydrogen-bond donors (Lipinski definition) is 3. The maximum absolute atomic E-state index is 14.7. The van der Waals surface area contributed by atoms with E-state index in [1.54, 1.807) is 23.0 Å². The molecule has 12 heteroatoms. The fourth-order valence-corrected chi connectivity index (χ4v) is 3.96. The number of aliphatic hydroxyl groups excluding tert-OH is 1. The van der Waals surface area contributed by atoms with Crippen LogP contribution < -0.4 is 10.5 Å². The van der Waals surface area contributed by atoms with Gasteiger partial charge in [0.05, 0.1) is 30.9 Å². The Morgan fingerprint density at radius 3 is 2.85 bits per heavy atom. The van der Waals surface area contributed by atoms with Crippen molar-refractivity contribution in [1.29, 1.82) is 0 Å². The summed E-state index contributed by atoms with van der Waals surface area (Å²) in [7, 11) is -4.22. The molecule has 184 valence electrons. The topological polar surface area (TPSA) is 149 Å². The Labute approximate surface area is 198 Å². The third kappa shape index (κ3) is 6.83. The molecule has 4 atom stereocenters. The minimum Gasteiger partial charge on any atom is -0.390 e. The summed E-state index contributed by atoms with van der Waals surface area (Å²) in [6.07, 6.45) is 2.77. The van der Waals surface area contributed by atoms with Gasteiger partial charge in [0, 0.05) is 35.5 Å². The second kappa shape index (κ2) is 10.2. The first-order valence-electron chi connectivity index (χ1n) is 10.6. The summed E-state index contributed by atoms with van der Waals surface area (Å²) in [5.74, 6) is 5.12. The van der Waals surface area contributed by atoms with E-state index in [1.165, 1.54) is 12.5 Å². The molecule has 0 unspecified atom stereocenters. The molecule has 2 aromatic heterocycles. The van der Waals surface area contributed by atoms with Gasteiger partial charge in [-0.15, -0.1) is 0 Å². The Bertz CT molecular complexity index is 1200. The van der Waals surface area contributed by atoms with E-state index in [4.69, 9.17) is 5.14 Å². The summed E-state index contributed by atoms with van der Waals surface area (Å²) < 4.78 is 43.0. The zero-order valence-corrected chi connectivity index (χ0v) is 19.9. The Hall–Kier alpha value is -2.85. The fourth-order valence-electron chi connectivity index (χ4n) is 3.59. The summed E-state index contributed by atoms with van der Waals surface area (Å²) in [6, 6.07) is 0.721. The predicted octanol–water partition coefficient (Wildman–Crippen LogP) is 1.28. The molecular formula is C22H28FN5O5S. The number of carbonyl (C=O) groups is 1. The molecule has 0 bridgehead atoms. The van der Waals surface area contributed by atoms with Gasteiger partial charge in [0.2, 0.25) is 0 Å². The van der Waals surface area contributed by atoms with Crippen molar-refractivity contribution in [2.75, 3.05) is 11.9 Å². The van der Waals surface area contributed by atoms with E-state index in [-0.39, 0.29) is 29.0 Å². The Kier molecular flexibility index (Phi) is 7.72. The molecule has 4 N–H and O–H groups in total. The molecule has 0 amide bonds. The molecule has 2 heterocycles. The molecule has 0 aliphatic heterocycles. The van der Waals surface area contributed by atoms with Crippen molar-refractivity contribution < 1.29 is 26.9 Å². The lowest BCUT2D eigenvalue weighted by molar-refractivity contribution is 0.0501. The largest absolute Gasteiger partial charge is 0.390 e. The first kappa shape index (κ1) is 25.8. The lowest BCUT2D eigenvalue weighted by Crippen LogP contribution is -2.33. The zero-order chi connectivity index (χ0) is 25.1. The van der Waals surface area contributed by atoms with Gasteiger partial charge >= 0.3 is 10.3 Å². The van der Waals surface area contributed by atoms with Crippen molar-refractivity contribution in [3.05, 3.63) is 42.1 Å². The van der Waals surface area contributed by atoms with E-state index in [1.807, 2.05) is 20.8 Å². The number of rotatable bonds is 8. The third-order valence-corrected chi connectivity index (χ3v) is 5.68. The van der Waals surface area contributed by atoms with Crippen LogP contribution in [0.5, 0.6) is 0 Å². The molecule has 2 aromatic rings. The van der Waals surface area contributed by atoms with E-state index in [9.17, 15) is 22.7 Å². The van der Waals surface area contributed by atoms with Gasteiger partial charge in [-0.2, -0.15) is 8.42 Å². The van der Waals surface area contributed by atoms with Gasteiger partial charge in [-0.25, -0.2) is 19.5 Å². The Morgan fingerprint density at radius 2 is 2.18 bits per heavy atom. The standard InChI is InChI=1S/C22H28FN5O5S/c1-22(2,3)6-4-7-28-8-5-14(11-28)19(29)16-10-25-13-26-21(16)27-17-9-15(20(30)18(17)23)12-33-34(24,31)32/h5,8,10-11,13,15,17-18,20,30H,7,9,12H2,1-3H3,(H2,24,31,32)(H,25,26,27)/t15-,17-,18-,20-/m1/s1. The summed E-state index contributed by atoms with van der Waals surface area (Å²) in [5, 5.41) is 17.8. The zero-order valence-electron chi connectivity index (χ0n) is 19.1. The first-order chi connectivity index (χ1) is 15.8. The number of nitrogens with two attached hydrogens (primary N) is 1. The van der Waals surface area contributed by atoms with Crippen molar-refractivity contribution in [2.24, 2.45) is 16.5 Å². The number of carbonyl (C=O) groups excluding carboxylic acids is 1. The molecule has 0 aromatic carbocycles. The van der Waals surface area contributed by atoms with Crippen LogP contribution in [-0.4, -0.2) is 58.8 Å². The highest BCUT2D eigenvalue weighted by Gasteiger charge is 2.44. The van der Waals surface area contributed by atoms with Crippen LogP contribution in [0.2, 0.25) is 0 Å². The van der Waals surface area contributed by atoms with Crippen LogP contribution in [0.1, 0.15) is 43.1 Å². The number of anilines is 1. The first-order valence-corrected chi connectivity index (χ1v) is 12.1. The van der Waals surface area contributed by atoms with Gasteiger partial charge in [-0.1, -0.05) is 11.8 Å². The lowest BCUT2D eigenvalue weighted by Gasteiger charge is -2.18. The minimum atomic E-state index is -4.22. The number of aliphatic hydroxyl groups is 1. The van der Waals surface area contributed by atoms with Crippen molar-refractivity contribution in [3.8, 4) is 11.8 Å². The van der Waals surface area contributed by atoms with Crippen LogP contribution in [0.15, 0.2) is 31.0 Å². The molecule has 3 rings (SSSR count). The van der Waals surface area contributed by atoms with Gasteiger partial charge in [-0.05, 0) is 33.3 Å². The number of ketones is 1. The molecule has 0 saturated heterocycles. The number of nitrogens with one attached hydrogen (secondary N) is 1. The van der Waals surface area contributed by atoms with Crippen LogP contribution in [0.3, 0.4) is 0 Å². The number of halogens is 1. The highest BCUT2D eigenvalue weighted by Crippen LogP contribution is 2.32. The van der Waals surface area contributed by atoms with Gasteiger partial charge in [0.25, 0.3) is 0 Å². The molecule has 1 saturated carbocycles. The fraction of sp³-hybridized carbons (Fsp3) is 0.500. The summed E-state index contributed by atoms with van der Waals surface area (Å²) >= 11 is 0. The Morgan fingerprint density at radius 1 is 1.44 bits per heavy atom. The van der Waals surface area contributed by atoms with E-state index < -0.39 is 41.1 Å². The highest BCUT2D eigenvalue weighted by molar-refractivity contribution is 7.84. The van der Waals surface area contributed by atoms with Crippen molar-refractivity contribution >= 4 is 21.9 Å². The third-order valence-electron chi connectivity index (χ3n) is 5.21. The van der Waals surface area contributed by atoms with Gasteiger partial charge < -0.3 is 15.0 Å². The molecule has 34 heavy (non-hydrogen) atoms. The molecule has 1 fully saturated rings. The number of alkyl halides is 1. The van der Waals surface area contributed by atoms with Gasteiger partial charge in [-0.3, -0.25) is 8.98 Å². The molecule has 1 aliphatic carbocycles. The molecule has 1 aliphatic rings. The van der Waals surface area contributed by atoms with Crippen LogP contribution in [0.4, 0.5) is 10.2 Å². The Balaban J connectivity index is 1.72. The average Bonchev–Trinajstić information content (AvgIpc) is 3.31. The van der Waals surface area contributed by atoms with Crippen LogP contribution >= 0.6 is 0 Å². The van der Waals surface area contributed by atoms with E-state index in [2.05, 4.69) is 31.3 Å². The summed E-state index contributed by atoms with van der Waals surface area (Å²) in [5.41, 5.74) is 0.393. The van der Waals surface area contributed by atoms with Crippen LogP contribution in [0, 0.1) is 23.2 Å². The van der Waals surface area contributed by atoms with Crippen LogP contribution in [-0.2, 0) is 21.0 Å². The summed E-state index contributed by atoms with van der Waals surface area (Å²) in [4.78, 5) is 21.1. The molecule has 0 spiro atoms. The van der Waals surface area contributed by atoms with E-state index in [0.29, 0.717) is 12.1 Å². The normalized spacial score (nSPS) is 22.8. The second-order valence-corrected chi connectivity index (χ2v) is 10.4. The average molecular weight is 494 g/mol. The number of aromatic nitrogens is 3. The maximum Gasteiger partial charge on any atom is 0.333 e. The molecular weight excluding hydrogens is 465 g/mol. The maximum atomic E-state index is 14.7. The van der Waals surface area contributed by atoms with E-state index >= 15 is 0 Å². The second-order valence-electron chi connectivity index (χ2n) is 9.20.